The second-order valence-corrected chi connectivity index (χ2v) is 5.84. The van der Waals surface area contributed by atoms with E-state index in [1.807, 2.05) is 24.3 Å². The molecule has 1 aliphatic heterocycles. The summed E-state index contributed by atoms with van der Waals surface area (Å²) in [6.07, 6.45) is 1.82. The summed E-state index contributed by atoms with van der Waals surface area (Å²) in [4.78, 5) is 11.3. The quantitative estimate of drug-likeness (QED) is 0.927. The summed E-state index contributed by atoms with van der Waals surface area (Å²) in [6, 6.07) is 8.69. The molecular formula is C16H22N4O. The fourth-order valence-electron chi connectivity index (χ4n) is 2.70. The van der Waals surface area contributed by atoms with Crippen LogP contribution in [0.25, 0.3) is 11.0 Å². The first-order valence-corrected chi connectivity index (χ1v) is 7.46. The third-order valence-corrected chi connectivity index (χ3v) is 4.16. The number of likely N-dealkylation sites (N-methyl/N-ethyl adjacent to an activating group) is 1. The Morgan fingerprint density at radius 2 is 2.00 bits per heavy atom. The van der Waals surface area contributed by atoms with Crippen molar-refractivity contribution >= 4 is 11.0 Å². The summed E-state index contributed by atoms with van der Waals surface area (Å²) in [5.74, 6) is 0.601. The number of ether oxygens (including phenoxy) is 1. The second-order valence-electron chi connectivity index (χ2n) is 5.84. The average Bonchev–Trinajstić information content (AvgIpc) is 2.94. The van der Waals surface area contributed by atoms with Crippen molar-refractivity contribution in [3.05, 3.63) is 30.5 Å². The number of fused-ring (bicyclic) bond motifs is 1. The molecule has 1 saturated heterocycles. The highest BCUT2D eigenvalue weighted by atomic mass is 16.5. The van der Waals surface area contributed by atoms with Crippen LogP contribution in [0.4, 0.5) is 0 Å². The molecule has 0 aliphatic carbocycles. The van der Waals surface area contributed by atoms with Crippen molar-refractivity contribution in [2.24, 2.45) is 0 Å². The number of nitrogens with one attached hydrogen (secondary N) is 1. The summed E-state index contributed by atoms with van der Waals surface area (Å²) < 4.78 is 6.09. The molecule has 5 heteroatoms. The predicted octanol–water partition coefficient (Wildman–Crippen LogP) is 1.69. The molecule has 1 fully saturated rings. The van der Waals surface area contributed by atoms with Gasteiger partial charge in [0, 0.05) is 19.1 Å². The topological polar surface area (TPSA) is 50.3 Å². The van der Waals surface area contributed by atoms with Gasteiger partial charge in [-0.15, -0.1) is 0 Å². The maximum absolute atomic E-state index is 6.09. The lowest BCUT2D eigenvalue weighted by Gasteiger charge is -2.31. The summed E-state index contributed by atoms with van der Waals surface area (Å²) >= 11 is 0. The van der Waals surface area contributed by atoms with E-state index in [2.05, 4.69) is 41.1 Å². The zero-order valence-electron chi connectivity index (χ0n) is 12.8. The van der Waals surface area contributed by atoms with Crippen molar-refractivity contribution < 1.29 is 4.74 Å². The van der Waals surface area contributed by atoms with Crippen LogP contribution in [0.3, 0.4) is 0 Å². The van der Waals surface area contributed by atoms with Gasteiger partial charge in [-0.25, -0.2) is 9.97 Å². The van der Waals surface area contributed by atoms with Gasteiger partial charge >= 0.3 is 0 Å². The highest BCUT2D eigenvalue weighted by Gasteiger charge is 2.33. The Balaban J connectivity index is 1.77. The van der Waals surface area contributed by atoms with Crippen LogP contribution in [0.1, 0.15) is 13.8 Å². The molecule has 2 heterocycles. The molecule has 5 nitrogen and oxygen atoms in total. The smallest absolute Gasteiger partial charge is 0.233 e. The van der Waals surface area contributed by atoms with Gasteiger partial charge in [-0.1, -0.05) is 12.1 Å². The summed E-state index contributed by atoms with van der Waals surface area (Å²) in [5, 5.41) is 3.40. The Morgan fingerprint density at radius 3 is 2.76 bits per heavy atom. The van der Waals surface area contributed by atoms with E-state index in [0.717, 1.165) is 24.1 Å². The molecule has 0 saturated carbocycles. The molecule has 0 spiro atoms. The number of nitrogens with zero attached hydrogens (tertiary/aromatic N) is 3. The van der Waals surface area contributed by atoms with Gasteiger partial charge < -0.3 is 10.1 Å². The SMILES string of the molecule is CC(C)N(C)C1CNCC1Oc1cnc2ccccc2n1. The summed E-state index contributed by atoms with van der Waals surface area (Å²) in [6.45, 7) is 6.19. The van der Waals surface area contributed by atoms with E-state index in [9.17, 15) is 0 Å². The lowest BCUT2D eigenvalue weighted by atomic mass is 10.1. The van der Waals surface area contributed by atoms with Gasteiger partial charge in [0.1, 0.15) is 6.10 Å². The van der Waals surface area contributed by atoms with Crippen LogP contribution < -0.4 is 10.1 Å². The number of hydrogen-bond donors (Lipinski definition) is 1. The standard InChI is InChI=1S/C16H22N4O/c1-11(2)20(3)14-8-17-9-15(14)21-16-10-18-12-6-4-5-7-13(12)19-16/h4-7,10-11,14-15,17H,8-9H2,1-3H3. The van der Waals surface area contributed by atoms with E-state index in [1.165, 1.54) is 0 Å². The van der Waals surface area contributed by atoms with Crippen molar-refractivity contribution in [1.29, 1.82) is 0 Å². The largest absolute Gasteiger partial charge is 0.470 e. The molecule has 2 atom stereocenters. The zero-order chi connectivity index (χ0) is 14.8. The highest BCUT2D eigenvalue weighted by molar-refractivity contribution is 5.73. The van der Waals surface area contributed by atoms with Crippen LogP contribution in [-0.4, -0.2) is 53.2 Å². The zero-order valence-corrected chi connectivity index (χ0v) is 12.8. The van der Waals surface area contributed by atoms with Crippen molar-refractivity contribution in [3.8, 4) is 5.88 Å². The van der Waals surface area contributed by atoms with Crippen molar-refractivity contribution in [1.82, 2.24) is 20.2 Å². The normalized spacial score (nSPS) is 22.3. The molecule has 2 aromatic rings. The van der Waals surface area contributed by atoms with Crippen LogP contribution in [-0.2, 0) is 0 Å². The van der Waals surface area contributed by atoms with Crippen LogP contribution in [0, 0.1) is 0 Å². The Labute approximate surface area is 125 Å². The lowest BCUT2D eigenvalue weighted by Crippen LogP contribution is -2.46. The minimum absolute atomic E-state index is 0.105. The molecule has 1 aromatic carbocycles. The molecule has 0 bridgehead atoms. The first-order valence-electron chi connectivity index (χ1n) is 7.46. The monoisotopic (exact) mass is 286 g/mol. The molecule has 112 valence electrons. The van der Waals surface area contributed by atoms with E-state index in [0.29, 0.717) is 18.0 Å². The molecule has 0 radical (unpaired) electrons. The second kappa shape index (κ2) is 5.95. The van der Waals surface area contributed by atoms with E-state index in [1.54, 1.807) is 6.20 Å². The molecule has 1 N–H and O–H groups in total. The van der Waals surface area contributed by atoms with Crippen molar-refractivity contribution in [2.75, 3.05) is 20.1 Å². The number of benzene rings is 1. The fraction of sp³-hybridized carbons (Fsp3) is 0.500. The van der Waals surface area contributed by atoms with Gasteiger partial charge in [0.05, 0.1) is 23.3 Å². The summed E-state index contributed by atoms with van der Waals surface area (Å²) in [5.41, 5.74) is 1.76. The summed E-state index contributed by atoms with van der Waals surface area (Å²) in [7, 11) is 2.14. The maximum atomic E-state index is 6.09. The van der Waals surface area contributed by atoms with E-state index in [4.69, 9.17) is 4.74 Å². The van der Waals surface area contributed by atoms with Crippen molar-refractivity contribution in [3.63, 3.8) is 0 Å². The van der Waals surface area contributed by atoms with Gasteiger partial charge in [-0.3, -0.25) is 4.90 Å². The Bertz CT molecular complexity index is 616. The Morgan fingerprint density at radius 1 is 1.24 bits per heavy atom. The highest BCUT2D eigenvalue weighted by Crippen LogP contribution is 2.19. The molecule has 21 heavy (non-hydrogen) atoms. The minimum Gasteiger partial charge on any atom is -0.470 e. The number of aromatic nitrogens is 2. The van der Waals surface area contributed by atoms with E-state index >= 15 is 0 Å². The van der Waals surface area contributed by atoms with Gasteiger partial charge in [0.25, 0.3) is 0 Å². The molecule has 3 rings (SSSR count). The fourth-order valence-corrected chi connectivity index (χ4v) is 2.70. The maximum Gasteiger partial charge on any atom is 0.233 e. The molecule has 0 amide bonds. The number of hydrogen-bond acceptors (Lipinski definition) is 5. The van der Waals surface area contributed by atoms with Crippen LogP contribution in [0.2, 0.25) is 0 Å². The van der Waals surface area contributed by atoms with E-state index in [-0.39, 0.29) is 6.10 Å². The number of para-hydroxylation sites is 2. The van der Waals surface area contributed by atoms with Crippen LogP contribution in [0.15, 0.2) is 30.5 Å². The average molecular weight is 286 g/mol. The molecule has 1 aliphatic rings. The molecule has 1 aromatic heterocycles. The molecule has 2 unspecified atom stereocenters. The van der Waals surface area contributed by atoms with Gasteiger partial charge in [0.2, 0.25) is 5.88 Å². The Hall–Kier alpha value is -1.72. The van der Waals surface area contributed by atoms with Gasteiger partial charge in [-0.2, -0.15) is 0 Å². The van der Waals surface area contributed by atoms with Gasteiger partial charge in [0.15, 0.2) is 0 Å². The van der Waals surface area contributed by atoms with E-state index < -0.39 is 0 Å². The third kappa shape index (κ3) is 2.99. The number of rotatable bonds is 4. The molecular weight excluding hydrogens is 264 g/mol. The lowest BCUT2D eigenvalue weighted by molar-refractivity contribution is 0.0954. The van der Waals surface area contributed by atoms with Crippen LogP contribution in [0.5, 0.6) is 5.88 Å². The van der Waals surface area contributed by atoms with Gasteiger partial charge in [-0.05, 0) is 33.0 Å². The first-order chi connectivity index (χ1) is 10.1. The minimum atomic E-state index is 0.105. The Kier molecular flexibility index (Phi) is 4.03. The third-order valence-electron chi connectivity index (χ3n) is 4.16. The van der Waals surface area contributed by atoms with Crippen LogP contribution >= 0.6 is 0 Å². The predicted molar refractivity (Wildman–Crippen MR) is 83.5 cm³/mol. The van der Waals surface area contributed by atoms with Crippen molar-refractivity contribution in [2.45, 2.75) is 32.0 Å². The first kappa shape index (κ1) is 14.2.